The van der Waals surface area contributed by atoms with E-state index in [0.29, 0.717) is 17.5 Å². The largest absolute Gasteiger partial charge is 0.416 e. The Morgan fingerprint density at radius 3 is 2.57 bits per heavy atom. The van der Waals surface area contributed by atoms with Crippen molar-refractivity contribution in [2.75, 3.05) is 5.32 Å². The van der Waals surface area contributed by atoms with E-state index in [1.807, 2.05) is 57.2 Å². The van der Waals surface area contributed by atoms with Gasteiger partial charge in [-0.2, -0.15) is 0 Å². The number of aryl methyl sites for hydroxylation is 2. The molecule has 0 aliphatic heterocycles. The topological polar surface area (TPSA) is 68.0 Å². The molecule has 0 aliphatic carbocycles. The van der Waals surface area contributed by atoms with Gasteiger partial charge in [-0.25, -0.2) is 0 Å². The molecule has 146 valence electrons. The van der Waals surface area contributed by atoms with Crippen molar-refractivity contribution in [3.8, 4) is 0 Å². The molecule has 28 heavy (non-hydrogen) atoms. The van der Waals surface area contributed by atoms with Gasteiger partial charge in [0.15, 0.2) is 0 Å². The smallest absolute Gasteiger partial charge is 0.277 e. The van der Waals surface area contributed by atoms with Gasteiger partial charge in [-0.05, 0) is 43.9 Å². The minimum Gasteiger partial charge on any atom is -0.416 e. The Balaban J connectivity index is 1.57. The number of hydrogen-bond acceptors (Lipinski definition) is 5. The maximum Gasteiger partial charge on any atom is 0.277 e. The summed E-state index contributed by atoms with van der Waals surface area (Å²) >= 11 is 1.27. The fraction of sp³-hybridized carbons (Fsp3) is 0.318. The van der Waals surface area contributed by atoms with E-state index in [0.717, 1.165) is 11.3 Å². The Bertz CT molecular complexity index is 940. The second kappa shape index (κ2) is 9.06. The standard InChI is InChI=1S/C22H25N3O2S/c1-14-10-11-19(16(3)12-14)23-21(26)17(4)28-22-25-24-20(27-22)13-15(2)18-8-6-5-7-9-18/h5-12,15,17H,13H2,1-4H3,(H,23,26). The quantitative estimate of drug-likeness (QED) is 0.560. The third kappa shape index (κ3) is 5.23. The Labute approximate surface area is 170 Å². The molecule has 0 saturated heterocycles. The van der Waals surface area contributed by atoms with E-state index in [1.165, 1.54) is 22.9 Å². The second-order valence-electron chi connectivity index (χ2n) is 7.05. The molecule has 2 atom stereocenters. The van der Waals surface area contributed by atoms with Crippen LogP contribution < -0.4 is 5.32 Å². The van der Waals surface area contributed by atoms with E-state index in [-0.39, 0.29) is 17.1 Å². The SMILES string of the molecule is Cc1ccc(NC(=O)C(C)Sc2nnc(CC(C)c3ccccc3)o2)c(C)c1. The van der Waals surface area contributed by atoms with E-state index in [1.54, 1.807) is 0 Å². The lowest BCUT2D eigenvalue weighted by atomic mass is 9.98. The minimum atomic E-state index is -0.347. The lowest BCUT2D eigenvalue weighted by Crippen LogP contribution is -2.22. The molecule has 1 N–H and O–H groups in total. The van der Waals surface area contributed by atoms with Crippen molar-refractivity contribution >= 4 is 23.4 Å². The first-order chi connectivity index (χ1) is 13.4. The molecule has 0 radical (unpaired) electrons. The first-order valence-electron chi connectivity index (χ1n) is 9.34. The lowest BCUT2D eigenvalue weighted by molar-refractivity contribution is -0.115. The minimum absolute atomic E-state index is 0.0886. The fourth-order valence-electron chi connectivity index (χ4n) is 2.92. The summed E-state index contributed by atoms with van der Waals surface area (Å²) in [6, 6.07) is 16.2. The summed E-state index contributed by atoms with van der Waals surface area (Å²) in [4.78, 5) is 12.5. The maximum atomic E-state index is 12.5. The van der Waals surface area contributed by atoms with Crippen LogP contribution in [0.15, 0.2) is 58.2 Å². The van der Waals surface area contributed by atoms with Gasteiger partial charge in [0.2, 0.25) is 11.8 Å². The lowest BCUT2D eigenvalue weighted by Gasteiger charge is -2.12. The summed E-state index contributed by atoms with van der Waals surface area (Å²) in [6.07, 6.45) is 0.667. The highest BCUT2D eigenvalue weighted by atomic mass is 32.2. The molecule has 0 aliphatic rings. The van der Waals surface area contributed by atoms with Crippen LogP contribution in [0.3, 0.4) is 0 Å². The van der Waals surface area contributed by atoms with Gasteiger partial charge in [0.05, 0.1) is 5.25 Å². The molecule has 5 nitrogen and oxygen atoms in total. The van der Waals surface area contributed by atoms with Crippen LogP contribution in [0.2, 0.25) is 0 Å². The monoisotopic (exact) mass is 395 g/mol. The van der Waals surface area contributed by atoms with Crippen molar-refractivity contribution in [3.63, 3.8) is 0 Å². The highest BCUT2D eigenvalue weighted by Gasteiger charge is 2.20. The molecule has 3 aromatic rings. The summed E-state index contributed by atoms with van der Waals surface area (Å²) in [7, 11) is 0. The van der Waals surface area contributed by atoms with Crippen LogP contribution in [0.25, 0.3) is 0 Å². The summed E-state index contributed by atoms with van der Waals surface area (Å²) in [6.45, 7) is 7.98. The fourth-order valence-corrected chi connectivity index (χ4v) is 3.62. The number of carbonyl (C=O) groups is 1. The zero-order valence-corrected chi connectivity index (χ0v) is 17.4. The number of nitrogens with one attached hydrogen (secondary N) is 1. The second-order valence-corrected chi connectivity index (χ2v) is 8.34. The third-order valence-electron chi connectivity index (χ3n) is 4.58. The summed E-state index contributed by atoms with van der Waals surface area (Å²) in [5, 5.41) is 11.3. The zero-order chi connectivity index (χ0) is 20.1. The predicted octanol–water partition coefficient (Wildman–Crippen LogP) is 5.15. The van der Waals surface area contributed by atoms with Crippen molar-refractivity contribution in [2.45, 2.75) is 50.5 Å². The Hall–Kier alpha value is -2.60. The van der Waals surface area contributed by atoms with Crippen LogP contribution in [-0.2, 0) is 11.2 Å². The summed E-state index contributed by atoms with van der Waals surface area (Å²) in [5.74, 6) is 0.778. The number of amides is 1. The first kappa shape index (κ1) is 20.1. The van der Waals surface area contributed by atoms with E-state index in [9.17, 15) is 4.79 Å². The molecule has 0 spiro atoms. The Morgan fingerprint density at radius 1 is 1.11 bits per heavy atom. The van der Waals surface area contributed by atoms with Crippen LogP contribution in [0.4, 0.5) is 5.69 Å². The number of hydrogen-bond donors (Lipinski definition) is 1. The van der Waals surface area contributed by atoms with Crippen molar-refractivity contribution < 1.29 is 9.21 Å². The van der Waals surface area contributed by atoms with Gasteiger partial charge in [-0.1, -0.05) is 66.7 Å². The third-order valence-corrected chi connectivity index (χ3v) is 5.52. The number of benzene rings is 2. The number of anilines is 1. The Morgan fingerprint density at radius 2 is 1.86 bits per heavy atom. The first-order valence-corrected chi connectivity index (χ1v) is 10.2. The average Bonchev–Trinajstić information content (AvgIpc) is 3.11. The van der Waals surface area contributed by atoms with Crippen molar-refractivity contribution in [3.05, 3.63) is 71.1 Å². The van der Waals surface area contributed by atoms with Gasteiger partial charge >= 0.3 is 0 Å². The summed E-state index contributed by atoms with van der Waals surface area (Å²) in [5.41, 5.74) is 4.27. The predicted molar refractivity (Wildman–Crippen MR) is 113 cm³/mol. The van der Waals surface area contributed by atoms with Crippen LogP contribution in [0, 0.1) is 13.8 Å². The van der Waals surface area contributed by atoms with Gasteiger partial charge in [0, 0.05) is 12.1 Å². The van der Waals surface area contributed by atoms with Crippen molar-refractivity contribution in [1.29, 1.82) is 0 Å². The number of nitrogens with zero attached hydrogens (tertiary/aromatic N) is 2. The van der Waals surface area contributed by atoms with Gasteiger partial charge in [-0.3, -0.25) is 4.79 Å². The molecule has 3 rings (SSSR count). The number of thioether (sulfide) groups is 1. The van der Waals surface area contributed by atoms with E-state index >= 15 is 0 Å². The molecular formula is C22H25N3O2S. The van der Waals surface area contributed by atoms with Crippen LogP contribution in [0.1, 0.15) is 42.3 Å². The van der Waals surface area contributed by atoms with Gasteiger partial charge in [-0.15, -0.1) is 10.2 Å². The highest BCUT2D eigenvalue weighted by Crippen LogP contribution is 2.26. The number of aromatic nitrogens is 2. The zero-order valence-electron chi connectivity index (χ0n) is 16.6. The molecule has 1 aromatic heterocycles. The highest BCUT2D eigenvalue weighted by molar-refractivity contribution is 8.00. The van der Waals surface area contributed by atoms with E-state index < -0.39 is 0 Å². The van der Waals surface area contributed by atoms with Crippen LogP contribution in [-0.4, -0.2) is 21.4 Å². The number of rotatable bonds is 7. The molecule has 2 unspecified atom stereocenters. The molecule has 0 bridgehead atoms. The normalized spacial score (nSPS) is 13.1. The summed E-state index contributed by atoms with van der Waals surface area (Å²) < 4.78 is 5.75. The van der Waals surface area contributed by atoms with E-state index in [4.69, 9.17) is 4.42 Å². The molecule has 6 heteroatoms. The van der Waals surface area contributed by atoms with E-state index in [2.05, 4.69) is 34.6 Å². The molecule has 1 heterocycles. The molecule has 2 aromatic carbocycles. The van der Waals surface area contributed by atoms with Crippen LogP contribution >= 0.6 is 11.8 Å². The maximum absolute atomic E-state index is 12.5. The Kier molecular flexibility index (Phi) is 6.52. The molecule has 0 fully saturated rings. The number of carbonyl (C=O) groups excluding carboxylic acids is 1. The van der Waals surface area contributed by atoms with Crippen LogP contribution in [0.5, 0.6) is 0 Å². The average molecular weight is 396 g/mol. The van der Waals surface area contributed by atoms with Gasteiger partial charge in [0.1, 0.15) is 0 Å². The molecule has 1 amide bonds. The van der Waals surface area contributed by atoms with Crippen molar-refractivity contribution in [2.24, 2.45) is 0 Å². The van der Waals surface area contributed by atoms with Gasteiger partial charge in [0.25, 0.3) is 5.22 Å². The van der Waals surface area contributed by atoms with Crippen molar-refractivity contribution in [1.82, 2.24) is 10.2 Å². The molecular weight excluding hydrogens is 370 g/mol. The van der Waals surface area contributed by atoms with Gasteiger partial charge < -0.3 is 9.73 Å². The molecule has 0 saturated carbocycles.